The summed E-state index contributed by atoms with van der Waals surface area (Å²) < 4.78 is 4.94. The highest BCUT2D eigenvalue weighted by Gasteiger charge is 2.25. The van der Waals surface area contributed by atoms with Crippen LogP contribution in [0.3, 0.4) is 0 Å². The Morgan fingerprint density at radius 2 is 2.50 bits per heavy atom. The number of ether oxygens (including phenoxy) is 1. The Kier molecular flexibility index (Phi) is 3.95. The van der Waals surface area contributed by atoms with Gasteiger partial charge in [0.25, 0.3) is 0 Å². The molecule has 1 aliphatic heterocycles. The highest BCUT2D eigenvalue weighted by Crippen LogP contribution is 2.15. The van der Waals surface area contributed by atoms with Gasteiger partial charge in [-0.2, -0.15) is 0 Å². The van der Waals surface area contributed by atoms with Gasteiger partial charge in [0.2, 0.25) is 0 Å². The van der Waals surface area contributed by atoms with Crippen LogP contribution in [0.15, 0.2) is 12.2 Å². The van der Waals surface area contributed by atoms with Gasteiger partial charge in [0.1, 0.15) is 0 Å². The molecule has 1 saturated heterocycles. The maximum atomic E-state index is 11.4. The fourth-order valence-electron chi connectivity index (χ4n) is 1.57. The van der Waals surface area contributed by atoms with Crippen LogP contribution in [0, 0.1) is 0 Å². The molecule has 14 heavy (non-hydrogen) atoms. The van der Waals surface area contributed by atoms with Crippen molar-refractivity contribution in [1.29, 1.82) is 0 Å². The van der Waals surface area contributed by atoms with Crippen LogP contribution in [0.25, 0.3) is 0 Å². The number of amides is 1. The van der Waals surface area contributed by atoms with Gasteiger partial charge in [0.05, 0.1) is 6.61 Å². The third-order valence-corrected chi connectivity index (χ3v) is 2.47. The average Bonchev–Trinajstić information content (AvgIpc) is 2.19. The molecular weight excluding hydrogens is 180 g/mol. The van der Waals surface area contributed by atoms with Gasteiger partial charge < -0.3 is 15.0 Å². The van der Waals surface area contributed by atoms with Crippen molar-refractivity contribution in [3.63, 3.8) is 0 Å². The number of likely N-dealkylation sites (tertiary alicyclic amines) is 1. The Labute approximate surface area is 84.9 Å². The van der Waals surface area contributed by atoms with E-state index in [1.165, 1.54) is 0 Å². The zero-order chi connectivity index (χ0) is 10.6. The summed E-state index contributed by atoms with van der Waals surface area (Å²) in [5.41, 5.74) is 1.16. The van der Waals surface area contributed by atoms with Crippen LogP contribution in [-0.4, -0.2) is 43.8 Å². The van der Waals surface area contributed by atoms with Gasteiger partial charge in [-0.1, -0.05) is 12.2 Å². The second-order valence-corrected chi connectivity index (χ2v) is 3.39. The molecule has 0 aromatic rings. The third kappa shape index (κ3) is 2.48. The van der Waals surface area contributed by atoms with E-state index in [0.717, 1.165) is 18.5 Å². The fourth-order valence-corrected chi connectivity index (χ4v) is 1.57. The zero-order valence-electron chi connectivity index (χ0n) is 8.88. The second kappa shape index (κ2) is 5.00. The average molecular weight is 198 g/mol. The summed E-state index contributed by atoms with van der Waals surface area (Å²) in [4.78, 5) is 13.1. The van der Waals surface area contributed by atoms with Gasteiger partial charge in [0, 0.05) is 19.1 Å². The van der Waals surface area contributed by atoms with Gasteiger partial charge in [-0.05, 0) is 20.4 Å². The van der Waals surface area contributed by atoms with Crippen LogP contribution in [0.1, 0.15) is 13.3 Å². The molecule has 80 valence electrons. The molecule has 0 aliphatic carbocycles. The number of carbonyl (C=O) groups is 1. The lowest BCUT2D eigenvalue weighted by Gasteiger charge is -2.33. The Balaban J connectivity index is 2.49. The van der Waals surface area contributed by atoms with E-state index < -0.39 is 0 Å². The van der Waals surface area contributed by atoms with E-state index in [1.807, 2.05) is 14.0 Å². The number of piperidine rings is 1. The molecular formula is C10H18N2O2. The number of likely N-dealkylation sites (N-methyl/N-ethyl adjacent to an activating group) is 1. The predicted octanol–water partition coefficient (Wildman–Crippen LogP) is 0.993. The number of rotatable bonds is 2. The smallest absolute Gasteiger partial charge is 0.409 e. The first-order valence-corrected chi connectivity index (χ1v) is 4.95. The van der Waals surface area contributed by atoms with E-state index in [4.69, 9.17) is 4.74 Å². The van der Waals surface area contributed by atoms with Crippen molar-refractivity contribution in [2.75, 3.05) is 26.7 Å². The van der Waals surface area contributed by atoms with Crippen LogP contribution < -0.4 is 5.32 Å². The first-order chi connectivity index (χ1) is 6.69. The Bertz CT molecular complexity index is 228. The molecule has 1 amide bonds. The lowest BCUT2D eigenvalue weighted by molar-refractivity contribution is 0.100. The van der Waals surface area contributed by atoms with E-state index in [1.54, 1.807) is 4.90 Å². The first kappa shape index (κ1) is 11.0. The Morgan fingerprint density at radius 1 is 1.79 bits per heavy atom. The number of nitrogens with zero attached hydrogens (tertiary/aromatic N) is 1. The van der Waals surface area contributed by atoms with Crippen molar-refractivity contribution in [1.82, 2.24) is 10.2 Å². The minimum absolute atomic E-state index is 0.202. The van der Waals surface area contributed by atoms with Crippen LogP contribution in [0.5, 0.6) is 0 Å². The van der Waals surface area contributed by atoms with Crippen molar-refractivity contribution >= 4 is 6.09 Å². The largest absolute Gasteiger partial charge is 0.450 e. The van der Waals surface area contributed by atoms with Crippen molar-refractivity contribution in [3.8, 4) is 0 Å². The van der Waals surface area contributed by atoms with Crippen LogP contribution >= 0.6 is 0 Å². The highest BCUT2D eigenvalue weighted by atomic mass is 16.6. The molecule has 1 fully saturated rings. The van der Waals surface area contributed by atoms with Gasteiger partial charge in [-0.25, -0.2) is 4.79 Å². The molecule has 0 aromatic heterocycles. The minimum Gasteiger partial charge on any atom is -0.450 e. The molecule has 1 unspecified atom stereocenters. The summed E-state index contributed by atoms with van der Waals surface area (Å²) in [7, 11) is 1.88. The highest BCUT2D eigenvalue weighted by molar-refractivity contribution is 5.68. The SMILES string of the molecule is C=C1CCN(C(=O)OCC)CC1NC. The zero-order valence-corrected chi connectivity index (χ0v) is 8.88. The molecule has 0 saturated carbocycles. The van der Waals surface area contributed by atoms with Crippen LogP contribution in [0.2, 0.25) is 0 Å². The molecule has 0 radical (unpaired) electrons. The maximum Gasteiger partial charge on any atom is 0.409 e. The van der Waals surface area contributed by atoms with E-state index in [9.17, 15) is 4.79 Å². The van der Waals surface area contributed by atoms with Crippen LogP contribution in [0.4, 0.5) is 4.79 Å². The molecule has 1 rings (SSSR count). The summed E-state index contributed by atoms with van der Waals surface area (Å²) in [6, 6.07) is 0.202. The third-order valence-electron chi connectivity index (χ3n) is 2.47. The van der Waals surface area contributed by atoms with Gasteiger partial charge >= 0.3 is 6.09 Å². The maximum absolute atomic E-state index is 11.4. The summed E-state index contributed by atoms with van der Waals surface area (Å²) in [5.74, 6) is 0. The molecule has 0 bridgehead atoms. The normalized spacial score (nSPS) is 22.3. The Morgan fingerprint density at radius 3 is 3.07 bits per heavy atom. The van der Waals surface area contributed by atoms with Crippen molar-refractivity contribution in [2.45, 2.75) is 19.4 Å². The second-order valence-electron chi connectivity index (χ2n) is 3.39. The van der Waals surface area contributed by atoms with Gasteiger partial charge in [0.15, 0.2) is 0 Å². The number of hydrogen-bond donors (Lipinski definition) is 1. The molecule has 0 spiro atoms. The van der Waals surface area contributed by atoms with Crippen molar-refractivity contribution in [3.05, 3.63) is 12.2 Å². The molecule has 1 atom stereocenters. The summed E-state index contributed by atoms with van der Waals surface area (Å²) >= 11 is 0. The van der Waals surface area contributed by atoms with Gasteiger partial charge in [-0.15, -0.1) is 0 Å². The number of nitrogens with one attached hydrogen (secondary N) is 1. The molecule has 1 heterocycles. The molecule has 4 heteroatoms. The van der Waals surface area contributed by atoms with E-state index in [-0.39, 0.29) is 12.1 Å². The summed E-state index contributed by atoms with van der Waals surface area (Å²) in [6.45, 7) is 7.59. The standard InChI is InChI=1S/C10H18N2O2/c1-4-14-10(13)12-6-5-8(2)9(7-12)11-3/h9,11H,2,4-7H2,1,3H3. The van der Waals surface area contributed by atoms with Crippen molar-refractivity contribution < 1.29 is 9.53 Å². The van der Waals surface area contributed by atoms with E-state index in [0.29, 0.717) is 13.2 Å². The predicted molar refractivity (Wildman–Crippen MR) is 55.2 cm³/mol. The quantitative estimate of drug-likeness (QED) is 0.673. The Hall–Kier alpha value is -1.03. The number of hydrogen-bond acceptors (Lipinski definition) is 3. The number of carbonyl (C=O) groups excluding carboxylic acids is 1. The minimum atomic E-state index is -0.222. The fraction of sp³-hybridized carbons (Fsp3) is 0.700. The molecule has 4 nitrogen and oxygen atoms in total. The first-order valence-electron chi connectivity index (χ1n) is 4.95. The van der Waals surface area contributed by atoms with E-state index >= 15 is 0 Å². The summed E-state index contributed by atoms with van der Waals surface area (Å²) in [6.07, 6.45) is 0.630. The van der Waals surface area contributed by atoms with Gasteiger partial charge in [-0.3, -0.25) is 0 Å². The molecule has 1 aliphatic rings. The van der Waals surface area contributed by atoms with Crippen molar-refractivity contribution in [2.24, 2.45) is 0 Å². The monoisotopic (exact) mass is 198 g/mol. The lowest BCUT2D eigenvalue weighted by Crippen LogP contribution is -2.48. The lowest BCUT2D eigenvalue weighted by atomic mass is 10.0. The summed E-state index contributed by atoms with van der Waals surface area (Å²) in [5, 5.41) is 3.13. The molecule has 0 aromatic carbocycles. The topological polar surface area (TPSA) is 41.6 Å². The molecule has 1 N–H and O–H groups in total. The van der Waals surface area contributed by atoms with E-state index in [2.05, 4.69) is 11.9 Å². The van der Waals surface area contributed by atoms with Crippen LogP contribution in [-0.2, 0) is 4.74 Å².